The Labute approximate surface area is 153 Å². The highest BCUT2D eigenvalue weighted by molar-refractivity contribution is 8.73. The molecule has 0 saturated carbocycles. The third-order valence-corrected chi connectivity index (χ3v) is 3.96. The third-order valence-electron chi connectivity index (χ3n) is 2.89. The quantitative estimate of drug-likeness (QED) is 0.223. The lowest BCUT2D eigenvalue weighted by atomic mass is 10.2. The van der Waals surface area contributed by atoms with Crippen LogP contribution in [0.4, 0.5) is 11.4 Å². The molecule has 12 heteroatoms. The maximum atomic E-state index is 11.8. The molecule has 134 valence electrons. The molecule has 0 heterocycles. The van der Waals surface area contributed by atoms with Gasteiger partial charge >= 0.3 is 11.9 Å². The molecule has 2 aromatic carbocycles. The standard InChI is InChI=1S/C14H8N2O8S2/c17-13(9-5-1-3-7-11(9)15(19)20)23-25-26-24-14(18)10-6-2-4-8-12(10)16(21)22/h1-8H. The van der Waals surface area contributed by atoms with E-state index in [2.05, 4.69) is 0 Å². The number of carbonyl (C=O) groups is 2. The molecule has 0 fully saturated rings. The predicted molar refractivity (Wildman–Crippen MR) is 92.2 cm³/mol. The largest absolute Gasteiger partial charge is 0.372 e. The van der Waals surface area contributed by atoms with E-state index < -0.39 is 33.2 Å². The summed E-state index contributed by atoms with van der Waals surface area (Å²) in [7, 11) is 0. The van der Waals surface area contributed by atoms with Crippen LogP contribution >= 0.6 is 22.1 Å². The van der Waals surface area contributed by atoms with Gasteiger partial charge in [-0.05, 0) is 12.1 Å². The molecule has 2 aromatic rings. The molecule has 2 rings (SSSR count). The van der Waals surface area contributed by atoms with Crippen LogP contribution in [-0.4, -0.2) is 21.8 Å². The van der Waals surface area contributed by atoms with Crippen molar-refractivity contribution in [1.29, 1.82) is 0 Å². The van der Waals surface area contributed by atoms with Crippen molar-refractivity contribution < 1.29 is 27.8 Å². The summed E-state index contributed by atoms with van der Waals surface area (Å²) in [6.45, 7) is 0. The van der Waals surface area contributed by atoms with Gasteiger partial charge in [-0.15, -0.1) is 0 Å². The molecule has 0 aliphatic heterocycles. The number of nitrogens with zero attached hydrogens (tertiary/aromatic N) is 2. The highest BCUT2D eigenvalue weighted by atomic mass is 33.1. The van der Waals surface area contributed by atoms with Gasteiger partial charge < -0.3 is 8.37 Å². The molecular weight excluding hydrogens is 388 g/mol. The van der Waals surface area contributed by atoms with E-state index in [1.165, 1.54) is 36.4 Å². The normalized spacial score (nSPS) is 10.0. The average Bonchev–Trinajstić information content (AvgIpc) is 2.64. The van der Waals surface area contributed by atoms with Crippen LogP contribution < -0.4 is 0 Å². The van der Waals surface area contributed by atoms with Gasteiger partial charge in [0.15, 0.2) is 22.1 Å². The van der Waals surface area contributed by atoms with Gasteiger partial charge in [0, 0.05) is 12.1 Å². The van der Waals surface area contributed by atoms with Crippen molar-refractivity contribution >= 4 is 45.5 Å². The van der Waals surface area contributed by atoms with E-state index in [1.54, 1.807) is 0 Å². The summed E-state index contributed by atoms with van der Waals surface area (Å²) in [5.41, 5.74) is -1.40. The van der Waals surface area contributed by atoms with E-state index in [9.17, 15) is 29.8 Å². The first-order chi connectivity index (χ1) is 12.4. The zero-order valence-corrected chi connectivity index (χ0v) is 14.2. The number of hydrogen-bond donors (Lipinski definition) is 0. The van der Waals surface area contributed by atoms with Gasteiger partial charge in [-0.25, -0.2) is 9.59 Å². The minimum atomic E-state index is -1.00. The first-order valence-electron chi connectivity index (χ1n) is 6.65. The van der Waals surface area contributed by atoms with Gasteiger partial charge in [0.1, 0.15) is 11.1 Å². The fourth-order valence-electron chi connectivity index (χ4n) is 1.79. The molecule has 0 saturated heterocycles. The predicted octanol–water partition coefficient (Wildman–Crippen LogP) is 3.73. The Morgan fingerprint density at radius 1 is 0.731 bits per heavy atom. The first kappa shape index (κ1) is 19.2. The second-order valence-corrected chi connectivity index (χ2v) is 5.85. The van der Waals surface area contributed by atoms with Crippen LogP contribution in [0.15, 0.2) is 48.5 Å². The van der Waals surface area contributed by atoms with Gasteiger partial charge in [-0.1, -0.05) is 24.3 Å². The Morgan fingerprint density at radius 2 is 1.08 bits per heavy atom. The van der Waals surface area contributed by atoms with Crippen LogP contribution in [0.2, 0.25) is 0 Å². The Balaban J connectivity index is 1.91. The molecule has 0 aromatic heterocycles. The molecule has 0 aliphatic rings. The number of benzene rings is 2. The second kappa shape index (κ2) is 8.82. The van der Waals surface area contributed by atoms with E-state index in [-0.39, 0.29) is 11.1 Å². The maximum Gasteiger partial charge on any atom is 0.358 e. The lowest BCUT2D eigenvalue weighted by molar-refractivity contribution is -0.385. The smallest absolute Gasteiger partial charge is 0.358 e. The van der Waals surface area contributed by atoms with Gasteiger partial charge in [0.25, 0.3) is 11.4 Å². The Hall–Kier alpha value is -3.12. The lowest BCUT2D eigenvalue weighted by Gasteiger charge is -2.03. The summed E-state index contributed by atoms with van der Waals surface area (Å²) in [5, 5.41) is 21.7. The van der Waals surface area contributed by atoms with Gasteiger partial charge in [-0.3, -0.25) is 20.2 Å². The van der Waals surface area contributed by atoms with Crippen molar-refractivity contribution in [3.05, 3.63) is 79.9 Å². The summed E-state index contributed by atoms with van der Waals surface area (Å²) in [6, 6.07) is 10.4. The summed E-state index contributed by atoms with van der Waals surface area (Å²) in [5.74, 6) is -2.01. The Morgan fingerprint density at radius 3 is 1.42 bits per heavy atom. The summed E-state index contributed by atoms with van der Waals surface area (Å²) in [6.07, 6.45) is 0. The third kappa shape index (κ3) is 4.70. The molecule has 26 heavy (non-hydrogen) atoms. The molecule has 0 amide bonds. The molecular formula is C14H8N2O8S2. The van der Waals surface area contributed by atoms with E-state index in [0.29, 0.717) is 22.1 Å². The van der Waals surface area contributed by atoms with Crippen LogP contribution in [0.25, 0.3) is 0 Å². The molecule has 0 aliphatic carbocycles. The molecule has 0 unspecified atom stereocenters. The van der Waals surface area contributed by atoms with Crippen molar-refractivity contribution in [2.75, 3.05) is 0 Å². The van der Waals surface area contributed by atoms with E-state index >= 15 is 0 Å². The SMILES string of the molecule is O=C(OSSOC(=O)c1ccccc1[N+](=O)[O-])c1ccccc1[N+](=O)[O-]. The molecule has 0 spiro atoms. The number of nitro groups is 2. The molecule has 0 N–H and O–H groups in total. The van der Waals surface area contributed by atoms with Crippen LogP contribution in [0.1, 0.15) is 20.7 Å². The van der Waals surface area contributed by atoms with Crippen LogP contribution in [0.5, 0.6) is 0 Å². The van der Waals surface area contributed by atoms with Gasteiger partial charge in [-0.2, -0.15) is 0 Å². The molecule has 0 bridgehead atoms. The van der Waals surface area contributed by atoms with Crippen molar-refractivity contribution in [2.45, 2.75) is 0 Å². The number of rotatable bonds is 7. The maximum absolute atomic E-state index is 11.8. The number of nitro benzene ring substituents is 2. The molecule has 10 nitrogen and oxygen atoms in total. The summed E-state index contributed by atoms with van der Waals surface area (Å²) >= 11 is 0.691. The number of hydrogen-bond acceptors (Lipinski definition) is 10. The molecule has 0 atom stereocenters. The molecule has 0 radical (unpaired) electrons. The zero-order valence-electron chi connectivity index (χ0n) is 12.6. The van der Waals surface area contributed by atoms with Crippen LogP contribution in [0.3, 0.4) is 0 Å². The van der Waals surface area contributed by atoms with Crippen LogP contribution in [-0.2, 0) is 8.37 Å². The Bertz CT molecular complexity index is 802. The second-order valence-electron chi connectivity index (χ2n) is 4.43. The summed E-state index contributed by atoms with van der Waals surface area (Å²) in [4.78, 5) is 43.9. The fraction of sp³-hybridized carbons (Fsp3) is 0. The average molecular weight is 396 g/mol. The van der Waals surface area contributed by atoms with Crippen molar-refractivity contribution in [2.24, 2.45) is 0 Å². The highest BCUT2D eigenvalue weighted by Gasteiger charge is 2.23. The van der Waals surface area contributed by atoms with Gasteiger partial charge in [0.2, 0.25) is 0 Å². The monoisotopic (exact) mass is 396 g/mol. The topological polar surface area (TPSA) is 139 Å². The van der Waals surface area contributed by atoms with E-state index in [4.69, 9.17) is 8.37 Å². The van der Waals surface area contributed by atoms with Crippen LogP contribution in [0, 0.1) is 20.2 Å². The highest BCUT2D eigenvalue weighted by Crippen LogP contribution is 2.29. The summed E-state index contributed by atoms with van der Waals surface area (Å²) < 4.78 is 9.42. The Kier molecular flexibility index (Phi) is 6.52. The first-order valence-corrected chi connectivity index (χ1v) is 8.65. The number of para-hydroxylation sites is 2. The fourth-order valence-corrected chi connectivity index (χ4v) is 2.69. The minimum Gasteiger partial charge on any atom is -0.372 e. The van der Waals surface area contributed by atoms with Crippen molar-refractivity contribution in [3.63, 3.8) is 0 Å². The van der Waals surface area contributed by atoms with Crippen molar-refractivity contribution in [3.8, 4) is 0 Å². The lowest BCUT2D eigenvalue weighted by Crippen LogP contribution is -2.05. The minimum absolute atomic E-state index is 0.268. The van der Waals surface area contributed by atoms with E-state index in [0.717, 1.165) is 12.1 Å². The van der Waals surface area contributed by atoms with E-state index in [1.807, 2.05) is 0 Å². The van der Waals surface area contributed by atoms with Gasteiger partial charge in [0.05, 0.1) is 9.85 Å². The zero-order chi connectivity index (χ0) is 19.1. The van der Waals surface area contributed by atoms with Crippen molar-refractivity contribution in [1.82, 2.24) is 0 Å². The number of carbonyl (C=O) groups excluding carboxylic acids is 2.